The lowest BCUT2D eigenvalue weighted by Gasteiger charge is -2.17. The molecule has 0 spiro atoms. The largest absolute Gasteiger partial charge is 0.496 e. The molecule has 0 saturated carbocycles. The molecule has 330 valence electrons. The zero-order valence-corrected chi connectivity index (χ0v) is 38.8. The molecule has 0 aliphatic rings. The first kappa shape index (κ1) is 41.0. The molecule has 8 heteroatoms. The van der Waals surface area contributed by atoms with Gasteiger partial charge in [-0.15, -0.1) is 0 Å². The molecule has 0 aliphatic heterocycles. The van der Waals surface area contributed by atoms with E-state index in [1.165, 1.54) is 5.56 Å². The Hall–Kier alpha value is -7.44. The quantitative estimate of drug-likeness (QED) is 0.1000. The van der Waals surface area contributed by atoms with Crippen LogP contribution in [0.15, 0.2) is 160 Å². The second kappa shape index (κ2) is 16.5. The molecular weight excluding hydrogens is 852 g/mol. The van der Waals surface area contributed by atoms with Crippen molar-refractivity contribution in [2.24, 2.45) is 0 Å². The molecule has 12 rings (SSSR count). The predicted molar refractivity (Wildman–Crippen MR) is 278 cm³/mol. The Balaban J connectivity index is 1.28. The molecule has 7 nitrogen and oxygen atoms in total. The van der Waals surface area contributed by atoms with Gasteiger partial charge in [0.15, 0.2) is 11.2 Å². The lowest BCUT2D eigenvalue weighted by molar-refractivity contribution is 0.355. The van der Waals surface area contributed by atoms with Crippen molar-refractivity contribution >= 4 is 116 Å². The maximum absolute atomic E-state index is 7.38. The summed E-state index contributed by atoms with van der Waals surface area (Å²) in [4.78, 5) is 0. The Bertz CT molecular complexity index is 3780. The lowest BCUT2D eigenvalue weighted by atomic mass is 9.90. The third-order valence-electron chi connectivity index (χ3n) is 13.8. The summed E-state index contributed by atoms with van der Waals surface area (Å²) in [7, 11) is 4.82. The highest BCUT2D eigenvalue weighted by molar-refractivity contribution is 7.31. The number of hydrogen-bond donors (Lipinski definition) is 0. The van der Waals surface area contributed by atoms with Gasteiger partial charge in [-0.2, -0.15) is 0 Å². The van der Waals surface area contributed by atoms with Crippen molar-refractivity contribution in [3.05, 3.63) is 157 Å². The van der Waals surface area contributed by atoms with Crippen LogP contribution in [0.2, 0.25) is 0 Å². The minimum absolute atomic E-state index is 0.358. The summed E-state index contributed by atoms with van der Waals surface area (Å²) < 4.78 is 46.8. The molecule has 1 aromatic heterocycles. The van der Waals surface area contributed by atoms with Crippen molar-refractivity contribution in [3.63, 3.8) is 0 Å². The molecule has 1 atom stereocenters. The Morgan fingerprint density at radius 1 is 0.403 bits per heavy atom. The Morgan fingerprint density at radius 3 is 1.31 bits per heavy atom. The molecule has 0 N–H and O–H groups in total. The summed E-state index contributed by atoms with van der Waals surface area (Å²) in [5.74, 6) is 3.16. The first-order valence-corrected chi connectivity index (χ1v) is 23.8. The van der Waals surface area contributed by atoms with Gasteiger partial charge in [0.25, 0.3) is 0 Å². The first-order valence-electron chi connectivity index (χ1n) is 22.7. The second-order valence-electron chi connectivity index (χ2n) is 17.4. The van der Waals surface area contributed by atoms with Crippen LogP contribution in [0, 0.1) is 0 Å². The number of hydrogen-bond acceptors (Lipinski definition) is 7. The average molecular weight is 899 g/mol. The number of benzene rings is 11. The van der Waals surface area contributed by atoms with E-state index < -0.39 is 8.24 Å². The Morgan fingerprint density at radius 2 is 0.821 bits per heavy atom. The number of fused-ring (bicyclic) bond motifs is 19. The predicted octanol–water partition coefficient (Wildman–Crippen LogP) is 16.6. The van der Waals surface area contributed by atoms with Gasteiger partial charge < -0.3 is 27.3 Å². The van der Waals surface area contributed by atoms with E-state index in [9.17, 15) is 0 Å². The number of rotatable bonds is 10. The molecule has 12 aromatic rings. The van der Waals surface area contributed by atoms with Crippen LogP contribution in [-0.2, 0) is 0 Å². The SMILES string of the molecule is COc1cc2c3cc(OC)c4cc(OC)c5ccc6ccc7ccccc7c6c5c4c3op(OCCC[C@@H](C)c3ccccc3)oc2c2c1cc(OC)c1ccc3ccc4ccccc4c3c12. The number of methoxy groups -OCH3 is 4. The second-order valence-corrected chi connectivity index (χ2v) is 18.4. The molecular formula is C59H47O7P. The molecule has 1 heterocycles. The normalized spacial score (nSPS) is 12.4. The van der Waals surface area contributed by atoms with Gasteiger partial charge in [-0.1, -0.05) is 122 Å². The third kappa shape index (κ3) is 6.52. The zero-order chi connectivity index (χ0) is 45.3. The van der Waals surface area contributed by atoms with Gasteiger partial charge in [-0.05, 0) is 104 Å². The highest BCUT2D eigenvalue weighted by atomic mass is 31.1. The van der Waals surface area contributed by atoms with E-state index in [-0.39, 0.29) is 0 Å². The summed E-state index contributed by atoms with van der Waals surface area (Å²) in [5, 5.41) is 17.9. The van der Waals surface area contributed by atoms with Gasteiger partial charge in [0.1, 0.15) is 23.0 Å². The molecule has 0 saturated heterocycles. The van der Waals surface area contributed by atoms with Gasteiger partial charge in [-0.25, -0.2) is 0 Å². The van der Waals surface area contributed by atoms with Gasteiger partial charge in [0, 0.05) is 53.9 Å². The van der Waals surface area contributed by atoms with Gasteiger partial charge in [0.05, 0.1) is 35.0 Å². The minimum Gasteiger partial charge on any atom is -0.496 e. The van der Waals surface area contributed by atoms with Crippen LogP contribution in [0.25, 0.3) is 108 Å². The first-order chi connectivity index (χ1) is 33.0. The van der Waals surface area contributed by atoms with Crippen LogP contribution in [0.3, 0.4) is 0 Å². The zero-order valence-electron chi connectivity index (χ0n) is 37.9. The molecule has 0 radical (unpaired) electrons. The lowest BCUT2D eigenvalue weighted by Crippen LogP contribution is -1.99. The van der Waals surface area contributed by atoms with Crippen LogP contribution in [0.5, 0.6) is 23.0 Å². The summed E-state index contributed by atoms with van der Waals surface area (Å²) in [5.41, 5.74) is 2.59. The highest BCUT2D eigenvalue weighted by Crippen LogP contribution is 2.52. The summed E-state index contributed by atoms with van der Waals surface area (Å²) >= 11 is 0. The van der Waals surface area contributed by atoms with E-state index in [2.05, 4.69) is 159 Å². The van der Waals surface area contributed by atoms with E-state index in [1.54, 1.807) is 28.4 Å². The summed E-state index contributed by atoms with van der Waals surface area (Å²) in [6.07, 6.45) is 1.75. The van der Waals surface area contributed by atoms with E-state index in [0.717, 1.165) is 121 Å². The van der Waals surface area contributed by atoms with Crippen molar-refractivity contribution in [1.82, 2.24) is 0 Å². The fourth-order valence-electron chi connectivity index (χ4n) is 10.6. The fraction of sp³-hybridized carbons (Fsp3) is 0.153. The van der Waals surface area contributed by atoms with Gasteiger partial charge >= 0.3 is 8.24 Å². The molecule has 67 heavy (non-hydrogen) atoms. The maximum Gasteiger partial charge on any atom is 0.387 e. The maximum atomic E-state index is 7.38. The molecule has 0 fully saturated rings. The van der Waals surface area contributed by atoms with Crippen LogP contribution in [0.4, 0.5) is 0 Å². The van der Waals surface area contributed by atoms with Crippen molar-refractivity contribution in [2.45, 2.75) is 25.7 Å². The molecule has 0 unspecified atom stereocenters. The molecule has 0 amide bonds. The van der Waals surface area contributed by atoms with Gasteiger partial charge in [0.2, 0.25) is 0 Å². The Labute approximate surface area is 387 Å². The minimum atomic E-state index is -2.06. The van der Waals surface area contributed by atoms with Crippen LogP contribution >= 0.6 is 8.24 Å². The average Bonchev–Trinajstić information content (AvgIpc) is 3.54. The van der Waals surface area contributed by atoms with Gasteiger partial charge in [-0.3, -0.25) is 4.52 Å². The van der Waals surface area contributed by atoms with Crippen molar-refractivity contribution in [2.75, 3.05) is 35.0 Å². The summed E-state index contributed by atoms with van der Waals surface area (Å²) in [6, 6.07) is 53.4. The number of ether oxygens (including phenoxy) is 4. The van der Waals surface area contributed by atoms with Crippen LogP contribution < -0.4 is 23.5 Å². The van der Waals surface area contributed by atoms with Crippen molar-refractivity contribution in [1.29, 1.82) is 0 Å². The topological polar surface area (TPSA) is 72.4 Å². The van der Waals surface area contributed by atoms with Crippen LogP contribution in [-0.4, -0.2) is 35.0 Å². The van der Waals surface area contributed by atoms with E-state index in [0.29, 0.717) is 35.2 Å². The monoisotopic (exact) mass is 898 g/mol. The smallest absolute Gasteiger partial charge is 0.387 e. The van der Waals surface area contributed by atoms with E-state index in [4.69, 9.17) is 31.9 Å². The van der Waals surface area contributed by atoms with E-state index in [1.807, 2.05) is 0 Å². The van der Waals surface area contributed by atoms with Crippen molar-refractivity contribution in [3.8, 4) is 23.0 Å². The van der Waals surface area contributed by atoms with E-state index >= 15 is 0 Å². The third-order valence-corrected chi connectivity index (χ3v) is 14.9. The molecule has 11 aromatic carbocycles. The van der Waals surface area contributed by atoms with Crippen molar-refractivity contribution < 1.29 is 31.9 Å². The molecule has 0 bridgehead atoms. The van der Waals surface area contributed by atoms with Crippen LogP contribution in [0.1, 0.15) is 31.2 Å². The molecule has 0 aliphatic carbocycles. The summed E-state index contributed by atoms with van der Waals surface area (Å²) in [6.45, 7) is 2.70. The standard InChI is InChI=1S/C59H47O7P/c1-34(35-15-7-6-8-16-35)14-13-29-64-67-65-58-44(30-50(62-4)46-32-48(60-2)42-27-25-38-23-21-36-17-9-11-19-40(36)52(38)54(42)56(46)58)45-31-51(63-5)47-33-49(61-3)43-28-26-39-24-22-37-18-10-12-20-41(37)53(39)55(43)57(47)59(45)66-67/h6-12,15-28,30-34H,13-14,29H2,1-5H3/t34-/m1/s1. The Kier molecular flexibility index (Phi) is 10.1. The highest BCUT2D eigenvalue weighted by Gasteiger charge is 2.25. The fourth-order valence-corrected chi connectivity index (χ4v) is 11.7.